The van der Waals surface area contributed by atoms with Gasteiger partial charge in [0.05, 0.1) is 6.61 Å². The van der Waals surface area contributed by atoms with Crippen molar-refractivity contribution < 1.29 is 14.6 Å². The number of rotatable bonds is 4. The summed E-state index contributed by atoms with van der Waals surface area (Å²) in [5.74, 6) is 0. The predicted octanol–water partition coefficient (Wildman–Crippen LogP) is -0.661. The molecule has 0 fully saturated rings. The first-order valence-electron chi connectivity index (χ1n) is 2.60. The van der Waals surface area contributed by atoms with Crippen LogP contribution in [0.15, 0.2) is 0 Å². The Bertz CT molecular complexity index is 47.5. The first kappa shape index (κ1) is 12.5. The van der Waals surface area contributed by atoms with Crippen molar-refractivity contribution in [2.75, 3.05) is 20.3 Å². The van der Waals surface area contributed by atoms with Crippen molar-refractivity contribution in [2.45, 2.75) is 13.2 Å². The molecule has 0 radical (unpaired) electrons. The van der Waals surface area contributed by atoms with Gasteiger partial charge in [0, 0.05) is 13.7 Å². The summed E-state index contributed by atoms with van der Waals surface area (Å²) >= 11 is 0. The fraction of sp³-hybridized carbons (Fsp3) is 1.00. The van der Waals surface area contributed by atoms with E-state index in [1.54, 1.807) is 0 Å². The van der Waals surface area contributed by atoms with Crippen molar-refractivity contribution in [3.8, 4) is 0 Å². The van der Waals surface area contributed by atoms with E-state index in [9.17, 15) is 0 Å². The molecule has 1 atom stereocenters. The van der Waals surface area contributed by atoms with Crippen LogP contribution in [0.3, 0.4) is 0 Å². The van der Waals surface area contributed by atoms with E-state index in [0.717, 1.165) is 0 Å². The first-order chi connectivity index (χ1) is 3.85. The Hall–Kier alpha value is 0.880. The molecule has 3 nitrogen and oxygen atoms in total. The third-order valence-corrected chi connectivity index (χ3v) is 0.765. The van der Waals surface area contributed by atoms with Gasteiger partial charge in [-0.2, -0.15) is 0 Å². The van der Waals surface area contributed by atoms with Gasteiger partial charge < -0.3 is 14.6 Å². The molecule has 0 aromatic rings. The van der Waals surface area contributed by atoms with Crippen LogP contribution in [0.4, 0.5) is 0 Å². The van der Waals surface area contributed by atoms with Crippen LogP contribution in [0.1, 0.15) is 6.92 Å². The maximum absolute atomic E-state index is 8.41. The van der Waals surface area contributed by atoms with Gasteiger partial charge in [0.2, 0.25) is 0 Å². The molecular formula is C5H13NaO3. The number of ether oxygens (including phenoxy) is 2. The Balaban J connectivity index is 0. The van der Waals surface area contributed by atoms with Crippen LogP contribution in [0.2, 0.25) is 0 Å². The molecule has 0 aliphatic heterocycles. The van der Waals surface area contributed by atoms with Crippen molar-refractivity contribution in [3.63, 3.8) is 0 Å². The molecule has 0 saturated carbocycles. The van der Waals surface area contributed by atoms with Crippen LogP contribution in [0.25, 0.3) is 0 Å². The molecule has 9 heavy (non-hydrogen) atoms. The SMILES string of the molecule is CCOC(CO)OC.[NaH]. The zero-order valence-corrected chi connectivity index (χ0v) is 5.26. The monoisotopic (exact) mass is 144 g/mol. The number of hydrogen-bond acceptors (Lipinski definition) is 3. The molecule has 0 bridgehead atoms. The fourth-order valence-corrected chi connectivity index (χ4v) is 0.381. The summed E-state index contributed by atoms with van der Waals surface area (Å²) < 4.78 is 9.54. The van der Waals surface area contributed by atoms with Gasteiger partial charge in [0.15, 0.2) is 6.29 Å². The van der Waals surface area contributed by atoms with Crippen molar-refractivity contribution in [1.82, 2.24) is 0 Å². The summed E-state index contributed by atoms with van der Waals surface area (Å²) in [6.45, 7) is 2.34. The van der Waals surface area contributed by atoms with E-state index < -0.39 is 6.29 Å². The molecule has 0 amide bonds. The standard InChI is InChI=1S/C5H12O3.Na.H/c1-3-8-5(4-6)7-2;;/h5-6H,3-4H2,1-2H3;;. The van der Waals surface area contributed by atoms with E-state index in [-0.39, 0.29) is 36.2 Å². The Morgan fingerprint density at radius 3 is 2.22 bits per heavy atom. The van der Waals surface area contributed by atoms with Gasteiger partial charge in [-0.15, -0.1) is 0 Å². The van der Waals surface area contributed by atoms with E-state index in [4.69, 9.17) is 9.84 Å². The van der Waals surface area contributed by atoms with E-state index >= 15 is 0 Å². The molecule has 0 rings (SSSR count). The quantitative estimate of drug-likeness (QED) is 0.420. The number of aliphatic hydroxyl groups excluding tert-OH is 1. The van der Waals surface area contributed by atoms with Gasteiger partial charge in [-0.1, -0.05) is 0 Å². The normalized spacial score (nSPS) is 12.3. The van der Waals surface area contributed by atoms with E-state index in [1.807, 2.05) is 6.92 Å². The Morgan fingerprint density at radius 1 is 1.56 bits per heavy atom. The molecule has 1 N–H and O–H groups in total. The minimum absolute atomic E-state index is 0. The predicted molar refractivity (Wildman–Crippen MR) is 36.7 cm³/mol. The van der Waals surface area contributed by atoms with Crippen LogP contribution < -0.4 is 0 Å². The molecule has 52 valence electrons. The third-order valence-electron chi connectivity index (χ3n) is 0.765. The number of aliphatic hydroxyl groups is 1. The average molecular weight is 144 g/mol. The Kier molecular flexibility index (Phi) is 12.4. The van der Waals surface area contributed by atoms with Gasteiger partial charge in [-0.25, -0.2) is 0 Å². The first-order valence-corrected chi connectivity index (χ1v) is 2.60. The summed E-state index contributed by atoms with van der Waals surface area (Å²) in [5.41, 5.74) is 0. The second-order valence-corrected chi connectivity index (χ2v) is 1.30. The minimum atomic E-state index is -0.444. The van der Waals surface area contributed by atoms with E-state index in [0.29, 0.717) is 6.61 Å². The fourth-order valence-electron chi connectivity index (χ4n) is 0.381. The third kappa shape index (κ3) is 6.77. The molecule has 4 heteroatoms. The van der Waals surface area contributed by atoms with Gasteiger partial charge in [0.25, 0.3) is 0 Å². The van der Waals surface area contributed by atoms with E-state index in [1.165, 1.54) is 7.11 Å². The summed E-state index contributed by atoms with van der Waals surface area (Å²) in [6.07, 6.45) is -0.444. The summed E-state index contributed by atoms with van der Waals surface area (Å²) in [6, 6.07) is 0. The van der Waals surface area contributed by atoms with Gasteiger partial charge >= 0.3 is 29.6 Å². The Morgan fingerprint density at radius 2 is 2.11 bits per heavy atom. The molecule has 0 aromatic carbocycles. The Labute approximate surface area is 77.6 Å². The number of hydrogen-bond donors (Lipinski definition) is 1. The van der Waals surface area contributed by atoms with Crippen LogP contribution in [-0.2, 0) is 9.47 Å². The van der Waals surface area contributed by atoms with Crippen LogP contribution >= 0.6 is 0 Å². The molecule has 0 aliphatic rings. The molecule has 0 aromatic heterocycles. The maximum atomic E-state index is 8.41. The zero-order chi connectivity index (χ0) is 6.41. The molecule has 0 saturated heterocycles. The summed E-state index contributed by atoms with van der Waals surface area (Å²) in [4.78, 5) is 0. The second-order valence-electron chi connectivity index (χ2n) is 1.30. The molecule has 0 spiro atoms. The topological polar surface area (TPSA) is 38.7 Å². The van der Waals surface area contributed by atoms with Crippen molar-refractivity contribution in [1.29, 1.82) is 0 Å². The van der Waals surface area contributed by atoms with Crippen molar-refractivity contribution in [3.05, 3.63) is 0 Å². The molecule has 0 heterocycles. The molecule has 0 aliphatic carbocycles. The van der Waals surface area contributed by atoms with Crippen LogP contribution in [0, 0.1) is 0 Å². The van der Waals surface area contributed by atoms with Crippen molar-refractivity contribution >= 4 is 29.6 Å². The molecule has 1 unspecified atom stereocenters. The van der Waals surface area contributed by atoms with Gasteiger partial charge in [-0.05, 0) is 6.92 Å². The second kappa shape index (κ2) is 8.88. The van der Waals surface area contributed by atoms with E-state index in [2.05, 4.69) is 4.74 Å². The summed E-state index contributed by atoms with van der Waals surface area (Å²) in [5, 5.41) is 8.41. The number of methoxy groups -OCH3 is 1. The summed E-state index contributed by atoms with van der Waals surface area (Å²) in [7, 11) is 1.50. The van der Waals surface area contributed by atoms with Gasteiger partial charge in [-0.3, -0.25) is 0 Å². The van der Waals surface area contributed by atoms with Crippen LogP contribution in [0.5, 0.6) is 0 Å². The zero-order valence-electron chi connectivity index (χ0n) is 5.26. The van der Waals surface area contributed by atoms with Crippen molar-refractivity contribution in [2.24, 2.45) is 0 Å². The van der Waals surface area contributed by atoms with Crippen LogP contribution in [-0.4, -0.2) is 61.3 Å². The van der Waals surface area contributed by atoms with Gasteiger partial charge in [0.1, 0.15) is 0 Å². The molecular weight excluding hydrogens is 131 g/mol. The average Bonchev–Trinajstić information content (AvgIpc) is 1.83.